The van der Waals surface area contributed by atoms with Crippen molar-refractivity contribution in [1.82, 2.24) is 4.90 Å². The van der Waals surface area contributed by atoms with Gasteiger partial charge in [0.2, 0.25) is 5.78 Å². The monoisotopic (exact) mass is 193 g/mol. The van der Waals surface area contributed by atoms with E-state index in [1.165, 1.54) is 25.7 Å². The van der Waals surface area contributed by atoms with Crippen molar-refractivity contribution in [3.05, 3.63) is 0 Å². The lowest BCUT2D eigenvalue weighted by Crippen LogP contribution is -2.50. The fourth-order valence-corrected chi connectivity index (χ4v) is 1.95. The molecule has 0 aromatic heterocycles. The molecule has 0 spiro atoms. The lowest BCUT2D eigenvalue weighted by atomic mass is 9.96. The Balaban J connectivity index is 2.69. The lowest BCUT2D eigenvalue weighted by molar-refractivity contribution is -0.123. The number of carbonyl (C=O) groups excluding carboxylic acids is 1. The Morgan fingerprint density at radius 3 is 2.14 bits per heavy atom. The first-order valence-corrected chi connectivity index (χ1v) is 5.35. The van der Waals surface area contributed by atoms with Gasteiger partial charge >= 0.3 is 0 Å². The summed E-state index contributed by atoms with van der Waals surface area (Å²) in [4.78, 5) is 13.8. The maximum atomic E-state index is 11.6. The Morgan fingerprint density at radius 1 is 1.21 bits per heavy atom. The van der Waals surface area contributed by atoms with Gasteiger partial charge in [-0.05, 0) is 45.7 Å². The average molecular weight is 193 g/mol. The highest BCUT2D eigenvalue weighted by Crippen LogP contribution is 2.20. The molecule has 0 aromatic rings. The summed E-state index contributed by atoms with van der Waals surface area (Å²) in [5, 5.41) is 0. The highest BCUT2D eigenvalue weighted by Gasteiger charge is 2.33. The second-order valence-electron chi connectivity index (χ2n) is 4.43. The van der Waals surface area contributed by atoms with Crippen molar-refractivity contribution in [3.8, 4) is 12.3 Å². The molecule has 0 saturated carbocycles. The summed E-state index contributed by atoms with van der Waals surface area (Å²) >= 11 is 0. The predicted octanol–water partition coefficient (Wildman–Crippen LogP) is 1.84. The van der Waals surface area contributed by atoms with Crippen LogP contribution in [0.5, 0.6) is 0 Å². The van der Waals surface area contributed by atoms with E-state index < -0.39 is 5.54 Å². The Morgan fingerprint density at radius 2 is 1.71 bits per heavy atom. The Kier molecular flexibility index (Phi) is 3.71. The van der Waals surface area contributed by atoms with Crippen molar-refractivity contribution in [1.29, 1.82) is 0 Å². The number of likely N-dealkylation sites (tertiary alicyclic amines) is 1. The highest BCUT2D eigenvalue weighted by atomic mass is 16.1. The van der Waals surface area contributed by atoms with E-state index in [-0.39, 0.29) is 5.78 Å². The quantitative estimate of drug-likeness (QED) is 0.492. The molecule has 0 atom stereocenters. The van der Waals surface area contributed by atoms with Crippen molar-refractivity contribution < 1.29 is 4.79 Å². The van der Waals surface area contributed by atoms with Crippen LogP contribution in [-0.4, -0.2) is 29.3 Å². The van der Waals surface area contributed by atoms with Crippen LogP contribution in [0.2, 0.25) is 0 Å². The number of carbonyl (C=O) groups is 1. The van der Waals surface area contributed by atoms with E-state index in [0.29, 0.717) is 0 Å². The molecule has 1 aliphatic rings. The van der Waals surface area contributed by atoms with Gasteiger partial charge in [-0.25, -0.2) is 0 Å². The molecule has 0 N–H and O–H groups in total. The summed E-state index contributed by atoms with van der Waals surface area (Å²) in [6.45, 7) is 5.86. The normalized spacial score (nSPS) is 19.8. The maximum Gasteiger partial charge on any atom is 0.224 e. The summed E-state index contributed by atoms with van der Waals surface area (Å²) in [7, 11) is 0. The van der Waals surface area contributed by atoms with Crippen LogP contribution >= 0.6 is 0 Å². The van der Waals surface area contributed by atoms with Gasteiger partial charge < -0.3 is 0 Å². The second kappa shape index (κ2) is 4.61. The minimum atomic E-state index is -0.473. The van der Waals surface area contributed by atoms with E-state index in [1.54, 1.807) is 0 Å². The van der Waals surface area contributed by atoms with Crippen molar-refractivity contribution in [3.63, 3.8) is 0 Å². The van der Waals surface area contributed by atoms with Crippen LogP contribution in [0.4, 0.5) is 0 Å². The lowest BCUT2D eigenvalue weighted by Gasteiger charge is -2.34. The topological polar surface area (TPSA) is 20.3 Å². The molecule has 1 rings (SSSR count). The fraction of sp³-hybridized carbons (Fsp3) is 0.750. The molecule has 0 aromatic carbocycles. The number of hydrogen-bond acceptors (Lipinski definition) is 2. The molecule has 78 valence electrons. The summed E-state index contributed by atoms with van der Waals surface area (Å²) < 4.78 is 0. The molecule has 2 nitrogen and oxygen atoms in total. The number of Topliss-reactive ketones (excluding diaryl/α,β-unsaturated/α-hetero) is 1. The van der Waals surface area contributed by atoms with Crippen LogP contribution in [0.3, 0.4) is 0 Å². The number of rotatable bonds is 2. The maximum absolute atomic E-state index is 11.6. The van der Waals surface area contributed by atoms with E-state index in [9.17, 15) is 4.79 Å². The third-order valence-electron chi connectivity index (χ3n) is 3.08. The van der Waals surface area contributed by atoms with Crippen LogP contribution < -0.4 is 0 Å². The van der Waals surface area contributed by atoms with Crippen LogP contribution in [0.1, 0.15) is 39.5 Å². The molecule has 2 heteroatoms. The van der Waals surface area contributed by atoms with Gasteiger partial charge in [-0.15, -0.1) is 6.42 Å². The van der Waals surface area contributed by atoms with Crippen molar-refractivity contribution in [2.45, 2.75) is 45.1 Å². The molecule has 0 unspecified atom stereocenters. The Hall–Kier alpha value is -0.810. The van der Waals surface area contributed by atoms with E-state index in [0.717, 1.165) is 13.1 Å². The highest BCUT2D eigenvalue weighted by molar-refractivity contribution is 6.01. The number of ketones is 1. The molecular weight excluding hydrogens is 174 g/mol. The minimum Gasteiger partial charge on any atom is -0.291 e. The molecule has 1 heterocycles. The molecular formula is C12H19NO. The van der Waals surface area contributed by atoms with E-state index in [2.05, 4.69) is 10.8 Å². The first-order chi connectivity index (χ1) is 6.59. The van der Waals surface area contributed by atoms with Gasteiger partial charge in [-0.1, -0.05) is 12.8 Å². The zero-order valence-corrected chi connectivity index (χ0v) is 9.18. The standard InChI is InChI=1S/C12H19NO/c1-4-11(14)12(2,3)13-9-7-5-6-8-10-13/h1H,5-10H2,2-3H3. The molecule has 14 heavy (non-hydrogen) atoms. The summed E-state index contributed by atoms with van der Waals surface area (Å²) in [6.07, 6.45) is 10.1. The van der Waals surface area contributed by atoms with Gasteiger partial charge in [0.1, 0.15) is 0 Å². The van der Waals surface area contributed by atoms with Crippen molar-refractivity contribution in [2.75, 3.05) is 13.1 Å². The number of nitrogens with zero attached hydrogens (tertiary/aromatic N) is 1. The Labute approximate surface area is 86.7 Å². The van der Waals surface area contributed by atoms with Crippen LogP contribution in [-0.2, 0) is 4.79 Å². The largest absolute Gasteiger partial charge is 0.291 e. The molecule has 0 amide bonds. The third-order valence-corrected chi connectivity index (χ3v) is 3.08. The van der Waals surface area contributed by atoms with Crippen LogP contribution in [0.15, 0.2) is 0 Å². The van der Waals surface area contributed by atoms with Gasteiger partial charge in [-0.2, -0.15) is 0 Å². The van der Waals surface area contributed by atoms with E-state index >= 15 is 0 Å². The first-order valence-electron chi connectivity index (χ1n) is 5.35. The van der Waals surface area contributed by atoms with Crippen LogP contribution in [0, 0.1) is 12.3 Å². The summed E-state index contributed by atoms with van der Waals surface area (Å²) in [5.41, 5.74) is -0.473. The summed E-state index contributed by atoms with van der Waals surface area (Å²) in [6, 6.07) is 0. The molecule has 1 saturated heterocycles. The molecule has 0 radical (unpaired) electrons. The summed E-state index contributed by atoms with van der Waals surface area (Å²) in [5.74, 6) is 2.14. The van der Waals surface area contributed by atoms with Gasteiger partial charge in [0.05, 0.1) is 5.54 Å². The van der Waals surface area contributed by atoms with Gasteiger partial charge in [-0.3, -0.25) is 9.69 Å². The van der Waals surface area contributed by atoms with Gasteiger partial charge in [0.15, 0.2) is 0 Å². The predicted molar refractivity (Wildman–Crippen MR) is 58.0 cm³/mol. The van der Waals surface area contributed by atoms with E-state index in [4.69, 9.17) is 6.42 Å². The van der Waals surface area contributed by atoms with Crippen molar-refractivity contribution in [2.24, 2.45) is 0 Å². The first kappa shape index (κ1) is 11.3. The zero-order valence-electron chi connectivity index (χ0n) is 9.18. The molecule has 0 aliphatic carbocycles. The third kappa shape index (κ3) is 2.36. The zero-order chi connectivity index (χ0) is 10.6. The van der Waals surface area contributed by atoms with Gasteiger partial charge in [0, 0.05) is 0 Å². The number of hydrogen-bond donors (Lipinski definition) is 0. The molecule has 1 aliphatic heterocycles. The average Bonchev–Trinajstić information content (AvgIpc) is 2.44. The number of terminal acetylenes is 1. The minimum absolute atomic E-state index is 0.0978. The van der Waals surface area contributed by atoms with Crippen molar-refractivity contribution >= 4 is 5.78 Å². The SMILES string of the molecule is C#CC(=O)C(C)(C)N1CCCCCC1. The van der Waals surface area contributed by atoms with Gasteiger partial charge in [0.25, 0.3) is 0 Å². The molecule has 0 bridgehead atoms. The van der Waals surface area contributed by atoms with E-state index in [1.807, 2.05) is 13.8 Å². The second-order valence-corrected chi connectivity index (χ2v) is 4.43. The van der Waals surface area contributed by atoms with Crippen LogP contribution in [0.25, 0.3) is 0 Å². The Bertz CT molecular complexity index is 242. The smallest absolute Gasteiger partial charge is 0.224 e. The molecule has 1 fully saturated rings. The fourth-order valence-electron chi connectivity index (χ4n) is 1.95.